The van der Waals surface area contributed by atoms with Crippen molar-refractivity contribution in [3.05, 3.63) is 23.4 Å². The molecule has 0 aromatic carbocycles. The topological polar surface area (TPSA) is 48.1 Å². The van der Waals surface area contributed by atoms with Crippen LogP contribution in [-0.4, -0.2) is 11.6 Å². The van der Waals surface area contributed by atoms with Crippen LogP contribution in [-0.2, 0) is 6.54 Å². The lowest BCUT2D eigenvalue weighted by molar-refractivity contribution is 0.176. The van der Waals surface area contributed by atoms with Crippen molar-refractivity contribution in [3.8, 4) is 5.88 Å². The third kappa shape index (κ3) is 3.45. The van der Waals surface area contributed by atoms with Crippen molar-refractivity contribution in [2.75, 3.05) is 6.61 Å². The minimum absolute atomic E-state index is 0.490. The number of ether oxygens (including phenoxy) is 1. The van der Waals surface area contributed by atoms with Gasteiger partial charge in [-0.25, -0.2) is 4.98 Å². The molecule has 1 aliphatic carbocycles. The summed E-state index contributed by atoms with van der Waals surface area (Å²) in [5.74, 6) is 2.25. The third-order valence-corrected chi connectivity index (χ3v) is 3.80. The Kier molecular flexibility index (Phi) is 4.59. The summed E-state index contributed by atoms with van der Waals surface area (Å²) in [6, 6.07) is 4.00. The van der Waals surface area contributed by atoms with Crippen LogP contribution in [0.4, 0.5) is 0 Å². The predicted octanol–water partition coefficient (Wildman–Crippen LogP) is 3.05. The van der Waals surface area contributed by atoms with Crippen LogP contribution in [0.5, 0.6) is 5.88 Å². The molecule has 2 atom stereocenters. The number of pyridine rings is 1. The molecule has 100 valence electrons. The van der Waals surface area contributed by atoms with E-state index in [-0.39, 0.29) is 0 Å². The average Bonchev–Trinajstić information content (AvgIpc) is 2.37. The van der Waals surface area contributed by atoms with Gasteiger partial charge in [0.2, 0.25) is 5.88 Å². The van der Waals surface area contributed by atoms with E-state index in [0.29, 0.717) is 12.5 Å². The maximum absolute atomic E-state index is 5.91. The van der Waals surface area contributed by atoms with Gasteiger partial charge in [-0.05, 0) is 37.7 Å². The Bertz CT molecular complexity index is 392. The van der Waals surface area contributed by atoms with Gasteiger partial charge in [-0.3, -0.25) is 0 Å². The van der Waals surface area contributed by atoms with Crippen LogP contribution < -0.4 is 10.5 Å². The lowest BCUT2D eigenvalue weighted by Gasteiger charge is -2.26. The summed E-state index contributed by atoms with van der Waals surface area (Å²) in [6.07, 6.45) is 5.27. The van der Waals surface area contributed by atoms with Gasteiger partial charge in [0.15, 0.2) is 0 Å². The second-order valence-electron chi connectivity index (χ2n) is 5.57. The van der Waals surface area contributed by atoms with Crippen molar-refractivity contribution in [2.45, 2.75) is 46.1 Å². The molecular formula is C15H24N2O. The van der Waals surface area contributed by atoms with Gasteiger partial charge in [-0.2, -0.15) is 0 Å². The van der Waals surface area contributed by atoms with Crippen molar-refractivity contribution < 1.29 is 4.74 Å². The van der Waals surface area contributed by atoms with E-state index in [1.165, 1.54) is 25.7 Å². The first kappa shape index (κ1) is 13.3. The van der Waals surface area contributed by atoms with Gasteiger partial charge >= 0.3 is 0 Å². The summed E-state index contributed by atoms with van der Waals surface area (Å²) in [5, 5.41) is 0. The third-order valence-electron chi connectivity index (χ3n) is 3.80. The number of hydrogen-bond donors (Lipinski definition) is 1. The van der Waals surface area contributed by atoms with Crippen molar-refractivity contribution in [3.63, 3.8) is 0 Å². The Morgan fingerprint density at radius 3 is 2.94 bits per heavy atom. The van der Waals surface area contributed by atoms with Gasteiger partial charge in [0.05, 0.1) is 6.61 Å². The van der Waals surface area contributed by atoms with Gasteiger partial charge in [-0.15, -0.1) is 0 Å². The molecule has 0 amide bonds. The maximum atomic E-state index is 5.91. The summed E-state index contributed by atoms with van der Waals surface area (Å²) in [7, 11) is 0. The molecule has 0 bridgehead atoms. The minimum atomic E-state index is 0.490. The average molecular weight is 248 g/mol. The Morgan fingerprint density at radius 2 is 2.22 bits per heavy atom. The molecule has 1 fully saturated rings. The Morgan fingerprint density at radius 1 is 1.39 bits per heavy atom. The lowest BCUT2D eigenvalue weighted by Crippen LogP contribution is -2.20. The molecule has 3 nitrogen and oxygen atoms in total. The van der Waals surface area contributed by atoms with Crippen molar-refractivity contribution in [1.29, 1.82) is 0 Å². The fraction of sp³-hybridized carbons (Fsp3) is 0.667. The van der Waals surface area contributed by atoms with Crippen LogP contribution in [0.25, 0.3) is 0 Å². The van der Waals surface area contributed by atoms with Crippen molar-refractivity contribution in [1.82, 2.24) is 4.98 Å². The number of aromatic nitrogens is 1. The Labute approximate surface area is 110 Å². The molecule has 0 spiro atoms. The zero-order chi connectivity index (χ0) is 13.0. The second-order valence-corrected chi connectivity index (χ2v) is 5.57. The SMILES string of the molecule is Cc1ccc(CN)c(OCC2CCCC(C)C2)n1. The Hall–Kier alpha value is -1.09. The first-order chi connectivity index (χ1) is 8.69. The number of aryl methyl sites for hydroxylation is 1. The van der Waals surface area contributed by atoms with Gasteiger partial charge in [-0.1, -0.05) is 25.8 Å². The number of nitrogens with zero attached hydrogens (tertiary/aromatic N) is 1. The number of hydrogen-bond acceptors (Lipinski definition) is 3. The molecule has 2 unspecified atom stereocenters. The molecule has 2 N–H and O–H groups in total. The lowest BCUT2D eigenvalue weighted by atomic mass is 9.83. The number of rotatable bonds is 4. The molecular weight excluding hydrogens is 224 g/mol. The summed E-state index contributed by atoms with van der Waals surface area (Å²) >= 11 is 0. The smallest absolute Gasteiger partial charge is 0.218 e. The van der Waals surface area contributed by atoms with Gasteiger partial charge < -0.3 is 10.5 Å². The molecule has 18 heavy (non-hydrogen) atoms. The van der Waals surface area contributed by atoms with Crippen LogP contribution in [0.1, 0.15) is 43.9 Å². The molecule has 0 radical (unpaired) electrons. The van der Waals surface area contributed by atoms with E-state index in [0.717, 1.165) is 29.7 Å². The standard InChI is InChI=1S/C15H24N2O/c1-11-4-3-5-13(8-11)10-18-15-14(9-16)7-6-12(2)17-15/h6-7,11,13H,3-5,8-10,16H2,1-2H3. The predicted molar refractivity (Wildman–Crippen MR) is 73.5 cm³/mol. The first-order valence-corrected chi connectivity index (χ1v) is 6.98. The van der Waals surface area contributed by atoms with E-state index < -0.39 is 0 Å². The number of nitrogens with two attached hydrogens (primary N) is 1. The molecule has 1 aromatic heterocycles. The minimum Gasteiger partial charge on any atom is -0.477 e. The molecule has 0 saturated heterocycles. The fourth-order valence-electron chi connectivity index (χ4n) is 2.75. The summed E-state index contributed by atoms with van der Waals surface area (Å²) in [6.45, 7) is 5.59. The summed E-state index contributed by atoms with van der Waals surface area (Å²) in [4.78, 5) is 4.45. The zero-order valence-electron chi connectivity index (χ0n) is 11.5. The maximum Gasteiger partial charge on any atom is 0.218 e. The molecule has 0 aliphatic heterocycles. The van der Waals surface area contributed by atoms with E-state index >= 15 is 0 Å². The quantitative estimate of drug-likeness (QED) is 0.891. The second kappa shape index (κ2) is 6.19. The van der Waals surface area contributed by atoms with Gasteiger partial charge in [0, 0.05) is 17.8 Å². The van der Waals surface area contributed by atoms with Crippen LogP contribution in [0.2, 0.25) is 0 Å². The fourth-order valence-corrected chi connectivity index (χ4v) is 2.75. The monoisotopic (exact) mass is 248 g/mol. The van der Waals surface area contributed by atoms with Gasteiger partial charge in [0.25, 0.3) is 0 Å². The van der Waals surface area contributed by atoms with E-state index in [1.54, 1.807) is 0 Å². The van der Waals surface area contributed by atoms with E-state index in [1.807, 2.05) is 19.1 Å². The molecule has 1 aromatic rings. The highest BCUT2D eigenvalue weighted by atomic mass is 16.5. The molecule has 2 rings (SSSR count). The highest BCUT2D eigenvalue weighted by molar-refractivity contribution is 5.27. The van der Waals surface area contributed by atoms with Crippen molar-refractivity contribution >= 4 is 0 Å². The molecule has 3 heteroatoms. The normalized spacial score (nSPS) is 23.9. The molecule has 1 heterocycles. The zero-order valence-corrected chi connectivity index (χ0v) is 11.5. The Balaban J connectivity index is 1.94. The van der Waals surface area contributed by atoms with E-state index in [4.69, 9.17) is 10.5 Å². The van der Waals surface area contributed by atoms with Gasteiger partial charge in [0.1, 0.15) is 0 Å². The molecule has 1 aliphatic rings. The van der Waals surface area contributed by atoms with Crippen LogP contribution in [0.3, 0.4) is 0 Å². The van der Waals surface area contributed by atoms with Crippen LogP contribution in [0, 0.1) is 18.8 Å². The summed E-state index contributed by atoms with van der Waals surface area (Å²) < 4.78 is 5.91. The van der Waals surface area contributed by atoms with Crippen LogP contribution >= 0.6 is 0 Å². The first-order valence-electron chi connectivity index (χ1n) is 6.98. The highest BCUT2D eigenvalue weighted by Crippen LogP contribution is 2.29. The van der Waals surface area contributed by atoms with Crippen LogP contribution in [0.15, 0.2) is 12.1 Å². The largest absolute Gasteiger partial charge is 0.477 e. The van der Waals surface area contributed by atoms with E-state index in [9.17, 15) is 0 Å². The molecule has 1 saturated carbocycles. The highest BCUT2D eigenvalue weighted by Gasteiger charge is 2.19. The van der Waals surface area contributed by atoms with Crippen molar-refractivity contribution in [2.24, 2.45) is 17.6 Å². The summed E-state index contributed by atoms with van der Waals surface area (Å²) in [5.41, 5.74) is 7.70. The van der Waals surface area contributed by atoms with E-state index in [2.05, 4.69) is 11.9 Å².